The Morgan fingerprint density at radius 2 is 1.72 bits per heavy atom. The van der Waals surface area contributed by atoms with E-state index in [4.69, 9.17) is 4.74 Å². The summed E-state index contributed by atoms with van der Waals surface area (Å²) in [6, 6.07) is 0. The van der Waals surface area contributed by atoms with Crippen LogP contribution in [0.3, 0.4) is 0 Å². The van der Waals surface area contributed by atoms with Gasteiger partial charge in [-0.2, -0.15) is 0 Å². The Bertz CT molecular complexity index is 216. The first-order chi connectivity index (χ1) is 8.54. The number of rotatable bonds is 10. The maximum Gasteiger partial charge on any atom is 0.248 e. The molecular formula is C14H30N2O2. The number of carbonyl (C=O) groups excluding carboxylic acids is 1. The molecular weight excluding hydrogens is 228 g/mol. The predicted molar refractivity (Wildman–Crippen MR) is 75.7 cm³/mol. The fourth-order valence-electron chi connectivity index (χ4n) is 1.84. The maximum atomic E-state index is 12.0. The summed E-state index contributed by atoms with van der Waals surface area (Å²) in [5.41, 5.74) is 0. The van der Waals surface area contributed by atoms with Crippen molar-refractivity contribution in [1.29, 1.82) is 0 Å². The van der Waals surface area contributed by atoms with Gasteiger partial charge in [-0.05, 0) is 25.9 Å². The Hall–Kier alpha value is -0.610. The molecule has 1 amide bonds. The fraction of sp³-hybridized carbons (Fsp3) is 0.929. The lowest BCUT2D eigenvalue weighted by Crippen LogP contribution is -2.42. The van der Waals surface area contributed by atoms with Gasteiger partial charge in [-0.1, -0.05) is 27.7 Å². The van der Waals surface area contributed by atoms with E-state index in [0.29, 0.717) is 12.5 Å². The molecule has 0 radical (unpaired) electrons. The van der Waals surface area contributed by atoms with Crippen LogP contribution in [0.25, 0.3) is 0 Å². The van der Waals surface area contributed by atoms with Crippen LogP contribution in [0.5, 0.6) is 0 Å². The average Bonchev–Trinajstić information content (AvgIpc) is 2.35. The molecule has 18 heavy (non-hydrogen) atoms. The van der Waals surface area contributed by atoms with Crippen molar-refractivity contribution < 1.29 is 9.53 Å². The van der Waals surface area contributed by atoms with Crippen molar-refractivity contribution in [2.45, 2.75) is 34.6 Å². The van der Waals surface area contributed by atoms with Crippen molar-refractivity contribution in [2.24, 2.45) is 5.92 Å². The van der Waals surface area contributed by atoms with E-state index in [1.54, 1.807) is 0 Å². The van der Waals surface area contributed by atoms with Gasteiger partial charge < -0.3 is 14.5 Å². The first-order valence-corrected chi connectivity index (χ1v) is 7.12. The molecule has 0 N–H and O–H groups in total. The Kier molecular flexibility index (Phi) is 9.98. The molecule has 0 aromatic heterocycles. The molecule has 0 aliphatic carbocycles. The zero-order valence-electron chi connectivity index (χ0n) is 12.7. The molecule has 0 saturated carbocycles. The summed E-state index contributed by atoms with van der Waals surface area (Å²) in [6.07, 6.45) is 0. The summed E-state index contributed by atoms with van der Waals surface area (Å²) >= 11 is 0. The highest BCUT2D eigenvalue weighted by molar-refractivity contribution is 5.77. The van der Waals surface area contributed by atoms with Gasteiger partial charge in [0.25, 0.3) is 0 Å². The molecule has 0 unspecified atom stereocenters. The van der Waals surface area contributed by atoms with Gasteiger partial charge in [-0.3, -0.25) is 4.79 Å². The summed E-state index contributed by atoms with van der Waals surface area (Å²) in [5, 5.41) is 0. The quantitative estimate of drug-likeness (QED) is 0.599. The Balaban J connectivity index is 4.25. The summed E-state index contributed by atoms with van der Waals surface area (Å²) in [6.45, 7) is 15.9. The van der Waals surface area contributed by atoms with E-state index < -0.39 is 0 Å². The highest BCUT2D eigenvalue weighted by Gasteiger charge is 2.15. The number of likely N-dealkylation sites (N-methyl/N-ethyl adjacent to an activating group) is 1. The highest BCUT2D eigenvalue weighted by Crippen LogP contribution is 2.01. The average molecular weight is 258 g/mol. The van der Waals surface area contributed by atoms with Crippen LogP contribution in [-0.4, -0.2) is 61.6 Å². The summed E-state index contributed by atoms with van der Waals surface area (Å²) < 4.78 is 5.21. The van der Waals surface area contributed by atoms with Crippen molar-refractivity contribution in [3.8, 4) is 0 Å². The minimum Gasteiger partial charge on any atom is -0.372 e. The third-order valence-electron chi connectivity index (χ3n) is 2.95. The molecule has 0 atom stereocenters. The van der Waals surface area contributed by atoms with Crippen molar-refractivity contribution in [2.75, 3.05) is 45.9 Å². The van der Waals surface area contributed by atoms with E-state index in [1.165, 1.54) is 0 Å². The van der Waals surface area contributed by atoms with Crippen LogP contribution in [0.2, 0.25) is 0 Å². The molecule has 4 heteroatoms. The van der Waals surface area contributed by atoms with Gasteiger partial charge in [0.15, 0.2) is 0 Å². The second kappa shape index (κ2) is 10.3. The van der Waals surface area contributed by atoms with Crippen molar-refractivity contribution in [1.82, 2.24) is 9.80 Å². The topological polar surface area (TPSA) is 32.8 Å². The normalized spacial score (nSPS) is 11.3. The molecule has 108 valence electrons. The lowest BCUT2D eigenvalue weighted by Gasteiger charge is -2.27. The van der Waals surface area contributed by atoms with Gasteiger partial charge >= 0.3 is 0 Å². The Morgan fingerprint density at radius 3 is 2.17 bits per heavy atom. The first-order valence-electron chi connectivity index (χ1n) is 7.12. The molecule has 0 saturated heterocycles. The molecule has 4 nitrogen and oxygen atoms in total. The minimum absolute atomic E-state index is 0.109. The van der Waals surface area contributed by atoms with Gasteiger partial charge in [0, 0.05) is 26.2 Å². The number of nitrogens with zero attached hydrogens (tertiary/aromatic N) is 2. The first kappa shape index (κ1) is 17.4. The monoisotopic (exact) mass is 258 g/mol. The van der Waals surface area contributed by atoms with Crippen molar-refractivity contribution >= 4 is 5.91 Å². The molecule has 0 rings (SSSR count). The molecule has 0 fully saturated rings. The van der Waals surface area contributed by atoms with Crippen LogP contribution >= 0.6 is 0 Å². The molecule has 0 heterocycles. The molecule has 0 aromatic rings. The molecule has 0 aliphatic heterocycles. The fourth-order valence-corrected chi connectivity index (χ4v) is 1.84. The second-order valence-corrected chi connectivity index (χ2v) is 4.90. The molecule has 0 bridgehead atoms. The standard InChI is InChI=1S/C14H30N2O2/c1-6-15(7-2)9-10-16(11-13(4)5)14(17)12-18-8-3/h13H,6-12H2,1-5H3. The number of hydrogen-bond acceptors (Lipinski definition) is 3. The highest BCUT2D eigenvalue weighted by atomic mass is 16.5. The second-order valence-electron chi connectivity index (χ2n) is 4.90. The van der Waals surface area contributed by atoms with Gasteiger partial charge in [-0.15, -0.1) is 0 Å². The SMILES string of the molecule is CCOCC(=O)N(CCN(CC)CC)CC(C)C. The number of carbonyl (C=O) groups is 1. The third-order valence-corrected chi connectivity index (χ3v) is 2.95. The maximum absolute atomic E-state index is 12.0. The molecule has 0 spiro atoms. The van der Waals surface area contributed by atoms with Crippen molar-refractivity contribution in [3.63, 3.8) is 0 Å². The van der Waals surface area contributed by atoms with Crippen LogP contribution in [0, 0.1) is 5.92 Å². The number of amides is 1. The van der Waals surface area contributed by atoms with Gasteiger partial charge in [0.2, 0.25) is 5.91 Å². The van der Waals surface area contributed by atoms with Crippen LogP contribution < -0.4 is 0 Å². The van der Waals surface area contributed by atoms with E-state index in [9.17, 15) is 4.79 Å². The summed E-state index contributed by atoms with van der Waals surface area (Å²) in [5.74, 6) is 0.602. The zero-order valence-corrected chi connectivity index (χ0v) is 12.7. The van der Waals surface area contributed by atoms with Crippen LogP contribution in [-0.2, 0) is 9.53 Å². The smallest absolute Gasteiger partial charge is 0.248 e. The minimum atomic E-state index is 0.109. The van der Waals surface area contributed by atoms with Gasteiger partial charge in [0.1, 0.15) is 6.61 Å². The van der Waals surface area contributed by atoms with Crippen LogP contribution in [0.15, 0.2) is 0 Å². The Morgan fingerprint density at radius 1 is 1.11 bits per heavy atom. The van der Waals surface area contributed by atoms with Gasteiger partial charge in [-0.25, -0.2) is 0 Å². The molecule has 0 aliphatic rings. The van der Waals surface area contributed by atoms with E-state index >= 15 is 0 Å². The predicted octanol–water partition coefficient (Wildman–Crippen LogP) is 1.85. The van der Waals surface area contributed by atoms with E-state index in [0.717, 1.165) is 32.7 Å². The molecule has 0 aromatic carbocycles. The van der Waals surface area contributed by atoms with Gasteiger partial charge in [0.05, 0.1) is 0 Å². The van der Waals surface area contributed by atoms with E-state index in [-0.39, 0.29) is 12.5 Å². The lowest BCUT2D eigenvalue weighted by molar-refractivity contribution is -0.136. The zero-order chi connectivity index (χ0) is 14.0. The van der Waals surface area contributed by atoms with E-state index in [2.05, 4.69) is 32.6 Å². The largest absolute Gasteiger partial charge is 0.372 e. The summed E-state index contributed by atoms with van der Waals surface area (Å²) in [4.78, 5) is 16.3. The third kappa shape index (κ3) is 7.67. The number of hydrogen-bond donors (Lipinski definition) is 0. The summed E-state index contributed by atoms with van der Waals surface area (Å²) in [7, 11) is 0. The van der Waals surface area contributed by atoms with Crippen LogP contribution in [0.4, 0.5) is 0 Å². The number of ether oxygens (including phenoxy) is 1. The van der Waals surface area contributed by atoms with E-state index in [1.807, 2.05) is 11.8 Å². The van der Waals surface area contributed by atoms with Crippen LogP contribution in [0.1, 0.15) is 34.6 Å². The Labute approximate surface area is 112 Å². The van der Waals surface area contributed by atoms with Crippen molar-refractivity contribution in [3.05, 3.63) is 0 Å². The lowest BCUT2D eigenvalue weighted by atomic mass is 10.2.